The fourth-order valence-corrected chi connectivity index (χ4v) is 3.84. The Morgan fingerprint density at radius 1 is 1.14 bits per heavy atom. The number of phenolic OH excluding ortho intramolecular Hbond substituents is 1. The van der Waals surface area contributed by atoms with E-state index in [4.69, 9.17) is 0 Å². The monoisotopic (exact) mass is 300 g/mol. The van der Waals surface area contributed by atoms with Gasteiger partial charge >= 0.3 is 0 Å². The number of fused-ring (bicyclic) bond motifs is 1. The molecule has 3 aromatic rings. The maximum atomic E-state index is 9.33. The molecule has 1 fully saturated rings. The highest BCUT2D eigenvalue weighted by molar-refractivity contribution is 7.16. The zero-order valence-electron chi connectivity index (χ0n) is 11.6. The summed E-state index contributed by atoms with van der Waals surface area (Å²) in [5.41, 5.74) is 1.14. The first-order valence-electron chi connectivity index (χ1n) is 7.28. The molecule has 108 valence electrons. The highest BCUT2D eigenvalue weighted by atomic mass is 32.1. The van der Waals surface area contributed by atoms with E-state index in [0.717, 1.165) is 27.8 Å². The Hall–Kier alpha value is -1.95. The van der Waals surface area contributed by atoms with Crippen molar-refractivity contribution in [2.45, 2.75) is 38.0 Å². The number of rotatable bonds is 3. The Morgan fingerprint density at radius 2 is 1.90 bits per heavy atom. The average Bonchev–Trinajstić information content (AvgIpc) is 3.17. The maximum Gasteiger partial charge on any atom is 0.234 e. The average molecular weight is 300 g/mol. The highest BCUT2D eigenvalue weighted by Gasteiger charge is 2.24. The molecule has 6 heteroatoms. The molecule has 0 aliphatic heterocycles. The van der Waals surface area contributed by atoms with E-state index in [9.17, 15) is 5.11 Å². The van der Waals surface area contributed by atoms with E-state index >= 15 is 0 Å². The van der Waals surface area contributed by atoms with Gasteiger partial charge in [-0.3, -0.25) is 0 Å². The van der Waals surface area contributed by atoms with Crippen molar-refractivity contribution in [3.63, 3.8) is 0 Å². The zero-order valence-corrected chi connectivity index (χ0v) is 12.4. The molecule has 0 atom stereocenters. The van der Waals surface area contributed by atoms with Gasteiger partial charge in [0.1, 0.15) is 10.8 Å². The highest BCUT2D eigenvalue weighted by Crippen LogP contribution is 2.33. The number of hydrogen-bond acceptors (Lipinski definition) is 5. The lowest BCUT2D eigenvalue weighted by Crippen LogP contribution is -2.01. The largest absolute Gasteiger partial charge is 0.508 e. The summed E-state index contributed by atoms with van der Waals surface area (Å²) >= 11 is 1.59. The Kier molecular flexibility index (Phi) is 3.11. The van der Waals surface area contributed by atoms with E-state index < -0.39 is 0 Å². The first-order valence-corrected chi connectivity index (χ1v) is 8.10. The van der Waals surface area contributed by atoms with Gasteiger partial charge in [0.2, 0.25) is 4.96 Å². The van der Waals surface area contributed by atoms with Gasteiger partial charge in [-0.1, -0.05) is 36.3 Å². The lowest BCUT2D eigenvalue weighted by Gasteiger charge is -2.03. The molecule has 1 aliphatic rings. The molecular formula is C15H16N4OS. The van der Waals surface area contributed by atoms with E-state index in [1.165, 1.54) is 25.7 Å². The summed E-state index contributed by atoms with van der Waals surface area (Å²) in [5, 5.41) is 23.6. The van der Waals surface area contributed by atoms with Crippen LogP contribution in [-0.4, -0.2) is 24.9 Å². The second kappa shape index (κ2) is 5.11. The van der Waals surface area contributed by atoms with E-state index in [-0.39, 0.29) is 0 Å². The third kappa shape index (κ3) is 2.40. The fraction of sp³-hybridized carbons (Fsp3) is 0.400. The van der Waals surface area contributed by atoms with Crippen LogP contribution in [0.1, 0.15) is 48.0 Å². The minimum Gasteiger partial charge on any atom is -0.508 e. The molecular weight excluding hydrogens is 284 g/mol. The van der Waals surface area contributed by atoms with Crippen LogP contribution in [-0.2, 0) is 6.42 Å². The van der Waals surface area contributed by atoms with E-state index in [1.54, 1.807) is 23.5 Å². The third-order valence-electron chi connectivity index (χ3n) is 4.07. The molecule has 1 N–H and O–H groups in total. The molecule has 0 radical (unpaired) electrons. The molecule has 4 rings (SSSR count). The van der Waals surface area contributed by atoms with Crippen LogP contribution in [0.5, 0.6) is 5.75 Å². The van der Waals surface area contributed by atoms with Crippen LogP contribution >= 0.6 is 11.3 Å². The molecule has 2 heterocycles. The Morgan fingerprint density at radius 3 is 2.67 bits per heavy atom. The molecule has 0 bridgehead atoms. The summed E-state index contributed by atoms with van der Waals surface area (Å²) < 4.78 is 1.93. The zero-order chi connectivity index (χ0) is 14.2. The summed E-state index contributed by atoms with van der Waals surface area (Å²) in [5.74, 6) is 1.83. The van der Waals surface area contributed by atoms with Crippen LogP contribution in [0.25, 0.3) is 4.96 Å². The number of nitrogens with zero attached hydrogens (tertiary/aromatic N) is 4. The van der Waals surface area contributed by atoms with E-state index in [1.807, 2.05) is 16.6 Å². The van der Waals surface area contributed by atoms with Gasteiger partial charge in [0.05, 0.1) is 0 Å². The van der Waals surface area contributed by atoms with Crippen molar-refractivity contribution >= 4 is 16.3 Å². The minimum atomic E-state index is 0.292. The van der Waals surface area contributed by atoms with Gasteiger partial charge in [-0.05, 0) is 30.5 Å². The standard InChI is InChI=1S/C15H16N4OS/c20-12-7-5-10(6-8-12)9-13-18-19-14(11-3-1-2-4-11)16-17-15(19)21-13/h5-8,11,20H,1-4,9H2. The molecule has 0 unspecified atom stereocenters. The Labute approximate surface area is 126 Å². The predicted molar refractivity (Wildman–Crippen MR) is 80.8 cm³/mol. The smallest absolute Gasteiger partial charge is 0.234 e. The van der Waals surface area contributed by atoms with Crippen LogP contribution in [0.15, 0.2) is 24.3 Å². The predicted octanol–water partition coefficient (Wildman–Crippen LogP) is 3.14. The molecule has 21 heavy (non-hydrogen) atoms. The van der Waals surface area contributed by atoms with E-state index in [2.05, 4.69) is 15.3 Å². The number of phenols is 1. The van der Waals surface area contributed by atoms with Crippen LogP contribution in [0.2, 0.25) is 0 Å². The van der Waals surface area contributed by atoms with Crippen molar-refractivity contribution < 1.29 is 5.11 Å². The molecule has 1 aliphatic carbocycles. The van der Waals surface area contributed by atoms with Gasteiger partial charge in [0, 0.05) is 12.3 Å². The summed E-state index contributed by atoms with van der Waals surface area (Å²) in [7, 11) is 0. The summed E-state index contributed by atoms with van der Waals surface area (Å²) in [4.78, 5) is 0.880. The van der Waals surface area contributed by atoms with Gasteiger partial charge in [0.25, 0.3) is 0 Å². The van der Waals surface area contributed by atoms with Crippen molar-refractivity contribution in [1.82, 2.24) is 19.8 Å². The normalized spacial score (nSPS) is 16.0. The quantitative estimate of drug-likeness (QED) is 0.807. The van der Waals surface area contributed by atoms with Crippen molar-refractivity contribution in [2.75, 3.05) is 0 Å². The number of hydrogen-bond donors (Lipinski definition) is 1. The number of benzene rings is 1. The molecule has 0 amide bonds. The summed E-state index contributed by atoms with van der Waals surface area (Å²) in [6.07, 6.45) is 5.73. The Balaban J connectivity index is 1.63. The SMILES string of the molecule is Oc1ccc(Cc2nn3c(C4CCCC4)nnc3s2)cc1. The van der Waals surface area contributed by atoms with E-state index in [0.29, 0.717) is 11.7 Å². The van der Waals surface area contributed by atoms with Crippen molar-refractivity contribution in [1.29, 1.82) is 0 Å². The first kappa shape index (κ1) is 12.8. The van der Waals surface area contributed by atoms with Crippen molar-refractivity contribution in [2.24, 2.45) is 0 Å². The molecule has 1 aromatic carbocycles. The second-order valence-corrected chi connectivity index (χ2v) is 6.61. The molecule has 0 saturated heterocycles. The van der Waals surface area contributed by atoms with Gasteiger partial charge in [-0.15, -0.1) is 10.2 Å². The molecule has 5 nitrogen and oxygen atoms in total. The molecule has 0 spiro atoms. The van der Waals surface area contributed by atoms with Crippen LogP contribution in [0.3, 0.4) is 0 Å². The Bertz CT molecular complexity index is 756. The summed E-state index contributed by atoms with van der Waals surface area (Å²) in [6, 6.07) is 7.27. The molecule has 1 saturated carbocycles. The van der Waals surface area contributed by atoms with Gasteiger partial charge in [-0.25, -0.2) is 0 Å². The lowest BCUT2D eigenvalue weighted by molar-refractivity contribution is 0.475. The van der Waals surface area contributed by atoms with Crippen molar-refractivity contribution in [3.05, 3.63) is 40.7 Å². The third-order valence-corrected chi connectivity index (χ3v) is 4.97. The topological polar surface area (TPSA) is 63.3 Å². The van der Waals surface area contributed by atoms with Crippen molar-refractivity contribution in [3.8, 4) is 5.75 Å². The second-order valence-electron chi connectivity index (χ2n) is 5.57. The molecule has 2 aromatic heterocycles. The fourth-order valence-electron chi connectivity index (χ4n) is 2.97. The lowest BCUT2D eigenvalue weighted by atomic mass is 10.1. The van der Waals surface area contributed by atoms with Crippen LogP contribution < -0.4 is 0 Å². The maximum absolute atomic E-state index is 9.33. The number of aromatic nitrogens is 4. The van der Waals surface area contributed by atoms with Crippen LogP contribution in [0, 0.1) is 0 Å². The number of aromatic hydroxyl groups is 1. The first-order chi connectivity index (χ1) is 10.3. The van der Waals surface area contributed by atoms with Crippen LogP contribution in [0.4, 0.5) is 0 Å². The van der Waals surface area contributed by atoms with Gasteiger partial charge < -0.3 is 5.11 Å². The summed E-state index contributed by atoms with van der Waals surface area (Å²) in [6.45, 7) is 0. The van der Waals surface area contributed by atoms with Gasteiger partial charge in [-0.2, -0.15) is 9.61 Å². The minimum absolute atomic E-state index is 0.292. The van der Waals surface area contributed by atoms with Gasteiger partial charge in [0.15, 0.2) is 5.82 Å².